The average molecular weight is 338 g/mol. The van der Waals surface area contributed by atoms with E-state index in [1.807, 2.05) is 6.07 Å². The third-order valence-electron chi connectivity index (χ3n) is 4.24. The SMILES string of the molecule is CNC(=O)c1c(-c2ccc(F)cc2)oc2c1cc(OC)c1[nH]ccc12. The van der Waals surface area contributed by atoms with Crippen molar-refractivity contribution in [1.82, 2.24) is 10.3 Å². The number of carbonyl (C=O) groups is 1. The summed E-state index contributed by atoms with van der Waals surface area (Å²) >= 11 is 0. The van der Waals surface area contributed by atoms with Gasteiger partial charge in [0.15, 0.2) is 0 Å². The third-order valence-corrected chi connectivity index (χ3v) is 4.24. The number of aromatic nitrogens is 1. The Morgan fingerprint density at radius 3 is 2.64 bits per heavy atom. The van der Waals surface area contributed by atoms with Crippen LogP contribution in [0.5, 0.6) is 5.75 Å². The molecule has 2 N–H and O–H groups in total. The van der Waals surface area contributed by atoms with Crippen LogP contribution in [-0.4, -0.2) is 25.0 Å². The second kappa shape index (κ2) is 5.66. The Bertz CT molecular complexity index is 1090. The Balaban J connectivity index is 2.11. The number of H-pyrrole nitrogens is 1. The molecule has 0 atom stereocenters. The lowest BCUT2D eigenvalue weighted by Crippen LogP contribution is -2.18. The van der Waals surface area contributed by atoms with Crippen molar-refractivity contribution in [3.63, 3.8) is 0 Å². The Hall–Kier alpha value is -3.28. The fourth-order valence-electron chi connectivity index (χ4n) is 3.06. The number of amides is 1. The molecule has 5 nitrogen and oxygen atoms in total. The van der Waals surface area contributed by atoms with Crippen molar-refractivity contribution in [1.29, 1.82) is 0 Å². The lowest BCUT2D eigenvalue weighted by Gasteiger charge is -2.04. The highest BCUT2D eigenvalue weighted by Crippen LogP contribution is 2.40. The summed E-state index contributed by atoms with van der Waals surface area (Å²) in [5.41, 5.74) is 2.39. The maximum Gasteiger partial charge on any atom is 0.255 e. The molecule has 0 radical (unpaired) electrons. The summed E-state index contributed by atoms with van der Waals surface area (Å²) in [6.45, 7) is 0. The third kappa shape index (κ3) is 2.26. The average Bonchev–Trinajstić information content (AvgIpc) is 3.25. The zero-order valence-corrected chi connectivity index (χ0v) is 13.6. The van der Waals surface area contributed by atoms with Crippen LogP contribution in [0.2, 0.25) is 0 Å². The number of rotatable bonds is 3. The van der Waals surface area contributed by atoms with Gasteiger partial charge in [0.25, 0.3) is 5.91 Å². The van der Waals surface area contributed by atoms with E-state index in [1.165, 1.54) is 12.1 Å². The maximum absolute atomic E-state index is 13.3. The molecule has 6 heteroatoms. The molecule has 4 aromatic rings. The molecular weight excluding hydrogens is 323 g/mol. The van der Waals surface area contributed by atoms with Gasteiger partial charge in [-0.3, -0.25) is 4.79 Å². The molecule has 0 saturated heterocycles. The number of furan rings is 1. The highest BCUT2D eigenvalue weighted by atomic mass is 19.1. The van der Waals surface area contributed by atoms with E-state index < -0.39 is 0 Å². The number of carbonyl (C=O) groups excluding carboxylic acids is 1. The van der Waals surface area contributed by atoms with Crippen molar-refractivity contribution >= 4 is 27.8 Å². The Morgan fingerprint density at radius 2 is 1.96 bits per heavy atom. The molecular formula is C19H15FN2O3. The van der Waals surface area contributed by atoms with Crippen molar-refractivity contribution < 1.29 is 18.3 Å². The molecule has 25 heavy (non-hydrogen) atoms. The number of fused-ring (bicyclic) bond motifs is 3. The van der Waals surface area contributed by atoms with Crippen LogP contribution < -0.4 is 10.1 Å². The molecule has 1 amide bonds. The zero-order chi connectivity index (χ0) is 17.6. The molecule has 0 unspecified atom stereocenters. The molecule has 2 aromatic heterocycles. The van der Waals surface area contributed by atoms with Gasteiger partial charge in [-0.25, -0.2) is 4.39 Å². The highest BCUT2D eigenvalue weighted by molar-refractivity contribution is 6.17. The summed E-state index contributed by atoms with van der Waals surface area (Å²) in [7, 11) is 3.13. The van der Waals surface area contributed by atoms with Gasteiger partial charge >= 0.3 is 0 Å². The standard InChI is InChI=1S/C19H15FN2O3/c1-21-19(23)15-13-9-14(24-2)16-12(7-8-22-16)18(13)25-17(15)10-3-5-11(20)6-4-10/h3-9,22H,1-2H3,(H,21,23). The molecule has 2 aromatic carbocycles. The molecule has 0 aliphatic heterocycles. The molecule has 0 aliphatic rings. The first-order valence-electron chi connectivity index (χ1n) is 7.72. The van der Waals surface area contributed by atoms with E-state index in [1.54, 1.807) is 38.6 Å². The minimum absolute atomic E-state index is 0.282. The minimum atomic E-state index is -0.351. The van der Waals surface area contributed by atoms with Gasteiger partial charge in [0, 0.05) is 29.6 Å². The number of hydrogen-bond donors (Lipinski definition) is 2. The lowest BCUT2D eigenvalue weighted by atomic mass is 10.0. The topological polar surface area (TPSA) is 67.3 Å². The summed E-state index contributed by atoms with van der Waals surface area (Å²) in [6.07, 6.45) is 1.78. The molecule has 0 spiro atoms. The number of hydrogen-bond acceptors (Lipinski definition) is 3. The molecule has 0 bridgehead atoms. The smallest absolute Gasteiger partial charge is 0.255 e. The van der Waals surface area contributed by atoms with Gasteiger partial charge in [0.1, 0.15) is 22.9 Å². The Kier molecular flexibility index (Phi) is 3.46. The van der Waals surface area contributed by atoms with Crippen LogP contribution in [0.15, 0.2) is 47.0 Å². The van der Waals surface area contributed by atoms with E-state index >= 15 is 0 Å². The normalized spacial score (nSPS) is 11.2. The number of aromatic amines is 1. The van der Waals surface area contributed by atoms with E-state index in [-0.39, 0.29) is 11.7 Å². The van der Waals surface area contributed by atoms with Crippen LogP contribution in [0.4, 0.5) is 4.39 Å². The molecule has 2 heterocycles. The number of nitrogens with one attached hydrogen (secondary N) is 2. The largest absolute Gasteiger partial charge is 0.495 e. The Morgan fingerprint density at radius 1 is 1.20 bits per heavy atom. The van der Waals surface area contributed by atoms with Gasteiger partial charge in [0.05, 0.1) is 18.2 Å². The summed E-state index contributed by atoms with van der Waals surface area (Å²) in [5, 5.41) is 4.09. The summed E-state index contributed by atoms with van der Waals surface area (Å²) in [6, 6.07) is 9.49. The predicted octanol–water partition coefficient (Wildman–Crippen LogP) is 4.09. The van der Waals surface area contributed by atoms with Gasteiger partial charge < -0.3 is 19.5 Å². The zero-order valence-electron chi connectivity index (χ0n) is 13.6. The number of halogens is 1. The number of benzene rings is 2. The van der Waals surface area contributed by atoms with Crippen molar-refractivity contribution in [3.8, 4) is 17.1 Å². The number of methoxy groups -OCH3 is 1. The quantitative estimate of drug-likeness (QED) is 0.591. The molecule has 126 valence electrons. The molecule has 0 saturated carbocycles. The van der Waals surface area contributed by atoms with E-state index in [4.69, 9.17) is 9.15 Å². The van der Waals surface area contributed by atoms with Crippen LogP contribution in [0.1, 0.15) is 10.4 Å². The van der Waals surface area contributed by atoms with E-state index in [0.29, 0.717) is 33.6 Å². The minimum Gasteiger partial charge on any atom is -0.495 e. The van der Waals surface area contributed by atoms with Crippen molar-refractivity contribution in [2.45, 2.75) is 0 Å². The second-order valence-electron chi connectivity index (χ2n) is 5.61. The monoisotopic (exact) mass is 338 g/mol. The molecule has 0 aliphatic carbocycles. The van der Waals surface area contributed by atoms with Crippen molar-refractivity contribution in [3.05, 3.63) is 54.0 Å². The lowest BCUT2D eigenvalue weighted by molar-refractivity contribution is 0.0964. The van der Waals surface area contributed by atoms with Gasteiger partial charge in [-0.15, -0.1) is 0 Å². The van der Waals surface area contributed by atoms with Gasteiger partial charge in [-0.05, 0) is 36.4 Å². The van der Waals surface area contributed by atoms with Crippen LogP contribution in [-0.2, 0) is 0 Å². The first-order valence-corrected chi connectivity index (χ1v) is 7.72. The summed E-state index contributed by atoms with van der Waals surface area (Å²) in [4.78, 5) is 15.6. The van der Waals surface area contributed by atoms with Crippen LogP contribution >= 0.6 is 0 Å². The van der Waals surface area contributed by atoms with Crippen LogP contribution in [0.3, 0.4) is 0 Å². The van der Waals surface area contributed by atoms with E-state index in [9.17, 15) is 9.18 Å². The van der Waals surface area contributed by atoms with Crippen LogP contribution in [0.25, 0.3) is 33.2 Å². The van der Waals surface area contributed by atoms with Gasteiger partial charge in [-0.1, -0.05) is 0 Å². The number of ether oxygens (including phenoxy) is 1. The molecule has 4 rings (SSSR count). The fourth-order valence-corrected chi connectivity index (χ4v) is 3.06. The first-order chi connectivity index (χ1) is 12.1. The second-order valence-corrected chi connectivity index (χ2v) is 5.61. The van der Waals surface area contributed by atoms with Crippen molar-refractivity contribution in [2.75, 3.05) is 14.2 Å². The van der Waals surface area contributed by atoms with Gasteiger partial charge in [-0.2, -0.15) is 0 Å². The maximum atomic E-state index is 13.3. The fraction of sp³-hybridized carbons (Fsp3) is 0.105. The van der Waals surface area contributed by atoms with E-state index in [0.717, 1.165) is 10.9 Å². The highest BCUT2D eigenvalue weighted by Gasteiger charge is 2.24. The summed E-state index contributed by atoms with van der Waals surface area (Å²) in [5.74, 6) is 0.375. The Labute approximate surface area is 142 Å². The van der Waals surface area contributed by atoms with E-state index in [2.05, 4.69) is 10.3 Å². The predicted molar refractivity (Wildman–Crippen MR) is 93.4 cm³/mol. The van der Waals surface area contributed by atoms with Crippen molar-refractivity contribution in [2.24, 2.45) is 0 Å². The summed E-state index contributed by atoms with van der Waals surface area (Å²) < 4.78 is 24.8. The van der Waals surface area contributed by atoms with Crippen LogP contribution in [0, 0.1) is 5.82 Å². The first kappa shape index (κ1) is 15.3. The van der Waals surface area contributed by atoms with Gasteiger partial charge in [0.2, 0.25) is 0 Å². The molecule has 0 fully saturated rings.